The molecule has 1 N–H and O–H groups in total. The topological polar surface area (TPSA) is 38.0 Å². The van der Waals surface area contributed by atoms with Crippen molar-refractivity contribution in [2.45, 2.75) is 26.0 Å². The van der Waals surface area contributed by atoms with Crippen molar-refractivity contribution in [3.8, 4) is 0 Å². The van der Waals surface area contributed by atoms with E-state index in [9.17, 15) is 5.11 Å². The Labute approximate surface area is 137 Å². The molecular formula is C13H13Br3N2O. The van der Waals surface area contributed by atoms with Crippen molar-refractivity contribution in [2.24, 2.45) is 0 Å². The van der Waals surface area contributed by atoms with Gasteiger partial charge in [0.2, 0.25) is 0 Å². The highest BCUT2D eigenvalue weighted by Crippen LogP contribution is 2.31. The van der Waals surface area contributed by atoms with Crippen molar-refractivity contribution in [1.29, 1.82) is 0 Å². The van der Waals surface area contributed by atoms with Crippen LogP contribution in [0.2, 0.25) is 0 Å². The summed E-state index contributed by atoms with van der Waals surface area (Å²) in [6.45, 7) is 2.87. The lowest BCUT2D eigenvalue weighted by Gasteiger charge is -2.15. The fourth-order valence-corrected chi connectivity index (χ4v) is 3.77. The molecule has 1 aromatic carbocycles. The average molecular weight is 453 g/mol. The van der Waals surface area contributed by atoms with Crippen LogP contribution in [0.1, 0.15) is 30.7 Å². The SMILES string of the molecule is CCCn1ncc(Br)c1C(O)c1cc(Br)cc(Br)c1. The van der Waals surface area contributed by atoms with Crippen LogP contribution in [-0.2, 0) is 6.54 Å². The van der Waals surface area contributed by atoms with Crippen molar-refractivity contribution in [2.75, 3.05) is 0 Å². The van der Waals surface area contributed by atoms with Crippen LogP contribution in [0.25, 0.3) is 0 Å². The lowest BCUT2D eigenvalue weighted by Crippen LogP contribution is -2.10. The fraction of sp³-hybridized carbons (Fsp3) is 0.308. The number of aliphatic hydroxyl groups excluding tert-OH is 1. The summed E-state index contributed by atoms with van der Waals surface area (Å²) in [7, 11) is 0. The van der Waals surface area contributed by atoms with Gasteiger partial charge in [0.25, 0.3) is 0 Å². The van der Waals surface area contributed by atoms with E-state index < -0.39 is 6.10 Å². The second-order valence-electron chi connectivity index (χ2n) is 4.21. The third-order valence-corrected chi connectivity index (χ3v) is 4.25. The van der Waals surface area contributed by atoms with Gasteiger partial charge in [-0.05, 0) is 46.1 Å². The summed E-state index contributed by atoms with van der Waals surface area (Å²) in [5.74, 6) is 0. The largest absolute Gasteiger partial charge is 0.382 e. The van der Waals surface area contributed by atoms with E-state index in [1.165, 1.54) is 0 Å². The van der Waals surface area contributed by atoms with Gasteiger partial charge in [0.1, 0.15) is 6.10 Å². The molecule has 0 amide bonds. The highest BCUT2D eigenvalue weighted by Gasteiger charge is 2.20. The smallest absolute Gasteiger partial charge is 0.122 e. The van der Waals surface area contributed by atoms with Gasteiger partial charge in [-0.3, -0.25) is 4.68 Å². The first-order valence-corrected chi connectivity index (χ1v) is 8.26. The van der Waals surface area contributed by atoms with Gasteiger partial charge < -0.3 is 5.11 Å². The van der Waals surface area contributed by atoms with Gasteiger partial charge >= 0.3 is 0 Å². The summed E-state index contributed by atoms with van der Waals surface area (Å²) in [4.78, 5) is 0. The molecule has 0 aliphatic heterocycles. The van der Waals surface area contributed by atoms with E-state index in [0.29, 0.717) is 0 Å². The van der Waals surface area contributed by atoms with Gasteiger partial charge in [-0.2, -0.15) is 5.10 Å². The maximum absolute atomic E-state index is 10.6. The van der Waals surface area contributed by atoms with E-state index in [2.05, 4.69) is 59.8 Å². The van der Waals surface area contributed by atoms with Crippen molar-refractivity contribution in [3.63, 3.8) is 0 Å². The summed E-state index contributed by atoms with van der Waals surface area (Å²) in [6, 6.07) is 5.75. The van der Waals surface area contributed by atoms with E-state index in [-0.39, 0.29) is 0 Å². The van der Waals surface area contributed by atoms with Crippen molar-refractivity contribution in [3.05, 3.63) is 49.1 Å². The molecule has 3 nitrogen and oxygen atoms in total. The van der Waals surface area contributed by atoms with Crippen molar-refractivity contribution in [1.82, 2.24) is 9.78 Å². The maximum atomic E-state index is 10.6. The van der Waals surface area contributed by atoms with E-state index in [0.717, 1.165) is 37.6 Å². The molecule has 0 bridgehead atoms. The monoisotopic (exact) mass is 450 g/mol. The molecule has 6 heteroatoms. The Morgan fingerprint density at radius 1 is 1.21 bits per heavy atom. The van der Waals surface area contributed by atoms with Crippen LogP contribution >= 0.6 is 47.8 Å². The number of aliphatic hydroxyl groups is 1. The number of hydrogen-bond donors (Lipinski definition) is 1. The number of hydrogen-bond acceptors (Lipinski definition) is 2. The molecule has 0 saturated heterocycles. The number of halogens is 3. The van der Waals surface area contributed by atoms with Crippen LogP contribution in [0.4, 0.5) is 0 Å². The van der Waals surface area contributed by atoms with Gasteiger partial charge in [0, 0.05) is 15.5 Å². The molecule has 1 heterocycles. The van der Waals surface area contributed by atoms with Crippen LogP contribution in [0.15, 0.2) is 37.8 Å². The highest BCUT2D eigenvalue weighted by atomic mass is 79.9. The van der Waals surface area contributed by atoms with Crippen LogP contribution in [0.5, 0.6) is 0 Å². The van der Waals surface area contributed by atoms with Gasteiger partial charge in [-0.25, -0.2) is 0 Å². The molecule has 102 valence electrons. The number of aromatic nitrogens is 2. The quantitative estimate of drug-likeness (QED) is 0.732. The molecule has 0 saturated carbocycles. The molecule has 1 aromatic heterocycles. The van der Waals surface area contributed by atoms with E-state index in [1.54, 1.807) is 6.20 Å². The lowest BCUT2D eigenvalue weighted by atomic mass is 10.1. The van der Waals surface area contributed by atoms with Crippen LogP contribution in [0.3, 0.4) is 0 Å². The Morgan fingerprint density at radius 2 is 1.84 bits per heavy atom. The molecule has 0 aliphatic rings. The zero-order valence-electron chi connectivity index (χ0n) is 10.3. The Morgan fingerprint density at radius 3 is 2.42 bits per heavy atom. The second-order valence-corrected chi connectivity index (χ2v) is 6.89. The molecule has 1 atom stereocenters. The summed E-state index contributed by atoms with van der Waals surface area (Å²) in [5.41, 5.74) is 1.60. The zero-order chi connectivity index (χ0) is 14.0. The van der Waals surface area contributed by atoms with Crippen LogP contribution < -0.4 is 0 Å². The van der Waals surface area contributed by atoms with Gasteiger partial charge in [0.15, 0.2) is 0 Å². The van der Waals surface area contributed by atoms with E-state index in [4.69, 9.17) is 0 Å². The summed E-state index contributed by atoms with van der Waals surface area (Å²) >= 11 is 10.3. The molecule has 0 radical (unpaired) electrons. The first-order valence-electron chi connectivity index (χ1n) is 5.88. The van der Waals surface area contributed by atoms with Crippen LogP contribution in [0, 0.1) is 0 Å². The summed E-state index contributed by atoms with van der Waals surface area (Å²) in [5, 5.41) is 14.9. The molecule has 2 rings (SSSR count). The van der Waals surface area contributed by atoms with Crippen molar-refractivity contribution < 1.29 is 5.11 Å². The Bertz CT molecular complexity index is 563. The highest BCUT2D eigenvalue weighted by molar-refractivity contribution is 9.11. The predicted molar refractivity (Wildman–Crippen MR) is 86.1 cm³/mol. The zero-order valence-corrected chi connectivity index (χ0v) is 15.0. The van der Waals surface area contributed by atoms with E-state index in [1.807, 2.05) is 22.9 Å². The average Bonchev–Trinajstić information content (AvgIpc) is 2.69. The molecule has 0 aliphatic carbocycles. The van der Waals surface area contributed by atoms with Gasteiger partial charge in [-0.15, -0.1) is 0 Å². The second kappa shape index (κ2) is 6.52. The molecule has 1 unspecified atom stereocenters. The Kier molecular flexibility index (Phi) is 5.22. The minimum Gasteiger partial charge on any atom is -0.382 e. The standard InChI is InChI=1S/C13H13Br3N2O/c1-2-3-18-12(11(16)7-17-18)13(19)8-4-9(14)6-10(15)5-8/h4-7,13,19H,2-3H2,1H3. The Hall–Kier alpha value is -0.170. The Balaban J connectivity index is 2.43. The maximum Gasteiger partial charge on any atom is 0.122 e. The normalized spacial score (nSPS) is 12.7. The molecule has 19 heavy (non-hydrogen) atoms. The number of nitrogens with zero attached hydrogens (tertiary/aromatic N) is 2. The number of benzene rings is 1. The van der Waals surface area contributed by atoms with E-state index >= 15 is 0 Å². The summed E-state index contributed by atoms with van der Waals surface area (Å²) in [6.07, 6.45) is 1.98. The predicted octanol–water partition coefficient (Wildman–Crippen LogP) is 4.66. The van der Waals surface area contributed by atoms with Gasteiger partial charge in [-0.1, -0.05) is 38.8 Å². The minimum atomic E-state index is -0.711. The number of aryl methyl sites for hydroxylation is 1. The lowest BCUT2D eigenvalue weighted by molar-refractivity contribution is 0.206. The van der Waals surface area contributed by atoms with Gasteiger partial charge in [0.05, 0.1) is 16.4 Å². The van der Waals surface area contributed by atoms with Crippen molar-refractivity contribution >= 4 is 47.8 Å². The molecule has 0 spiro atoms. The van der Waals surface area contributed by atoms with Crippen LogP contribution in [-0.4, -0.2) is 14.9 Å². The molecular weight excluding hydrogens is 440 g/mol. The summed E-state index contributed by atoms with van der Waals surface area (Å²) < 4.78 is 4.51. The molecule has 0 fully saturated rings. The first-order chi connectivity index (χ1) is 9.02. The number of rotatable bonds is 4. The molecule has 2 aromatic rings. The third-order valence-electron chi connectivity index (χ3n) is 2.73. The third kappa shape index (κ3) is 3.48. The minimum absolute atomic E-state index is 0.711. The first kappa shape index (κ1) is 15.2. The fourth-order valence-electron chi connectivity index (χ4n) is 1.92.